The maximum absolute atomic E-state index is 12.3. The number of rotatable bonds is 6. The highest BCUT2D eigenvalue weighted by Gasteiger charge is 2.31. The first-order valence-corrected chi connectivity index (χ1v) is 8.41. The zero-order valence-electron chi connectivity index (χ0n) is 14.0. The number of ether oxygens (including phenoxy) is 1. The van der Waals surface area contributed by atoms with Gasteiger partial charge < -0.3 is 15.8 Å². The van der Waals surface area contributed by atoms with Crippen LogP contribution < -0.4 is 20.7 Å². The molecule has 0 spiro atoms. The maximum Gasteiger partial charge on any atom is 0.573 e. The molecule has 2 rings (SSSR count). The molecule has 1 heterocycles. The third kappa shape index (κ3) is 5.05. The summed E-state index contributed by atoms with van der Waals surface area (Å²) in [7, 11) is 1.42. The molecule has 2 amide bonds. The largest absolute Gasteiger partial charge is 0.573 e. The molecule has 2 aromatic rings. The first kappa shape index (κ1) is 19.9. The van der Waals surface area contributed by atoms with Crippen molar-refractivity contribution in [3.05, 3.63) is 18.2 Å². The Morgan fingerprint density at radius 1 is 1.42 bits per heavy atom. The Bertz CT molecular complexity index is 809. The Kier molecular flexibility index (Phi) is 6.03. The number of anilines is 1. The van der Waals surface area contributed by atoms with Crippen LogP contribution >= 0.6 is 11.3 Å². The van der Waals surface area contributed by atoms with Crippen LogP contribution in [0, 0.1) is 0 Å². The number of aromatic nitrogens is 1. The van der Waals surface area contributed by atoms with Crippen LogP contribution in [0.1, 0.15) is 19.8 Å². The van der Waals surface area contributed by atoms with Crippen LogP contribution in [-0.2, 0) is 9.59 Å². The normalized spacial score (nSPS) is 12.7. The molecule has 0 bridgehead atoms. The average molecular weight is 390 g/mol. The van der Waals surface area contributed by atoms with E-state index in [1.54, 1.807) is 0 Å². The minimum Gasteiger partial charge on any atom is -0.406 e. The van der Waals surface area contributed by atoms with E-state index in [1.165, 1.54) is 19.2 Å². The van der Waals surface area contributed by atoms with Gasteiger partial charge in [0.05, 0.1) is 10.2 Å². The van der Waals surface area contributed by atoms with Crippen LogP contribution in [0.5, 0.6) is 5.75 Å². The fourth-order valence-electron chi connectivity index (χ4n) is 2.07. The number of carbonyl (C=O) groups is 2. The monoisotopic (exact) mass is 390 g/mol. The highest BCUT2D eigenvalue weighted by molar-refractivity contribution is 7.22. The summed E-state index contributed by atoms with van der Waals surface area (Å²) in [6.07, 6.45) is -5.18. The molecule has 0 aliphatic heterocycles. The number of thiazole rings is 1. The summed E-state index contributed by atoms with van der Waals surface area (Å²) >= 11 is 0.999. The van der Waals surface area contributed by atoms with E-state index in [9.17, 15) is 22.8 Å². The van der Waals surface area contributed by atoms with Crippen molar-refractivity contribution in [1.29, 1.82) is 0 Å². The highest BCUT2D eigenvalue weighted by atomic mass is 32.1. The molecule has 0 fully saturated rings. The molecule has 1 aromatic carbocycles. The smallest absolute Gasteiger partial charge is 0.406 e. The van der Waals surface area contributed by atoms with Crippen molar-refractivity contribution in [3.8, 4) is 5.75 Å². The van der Waals surface area contributed by atoms with Gasteiger partial charge in [-0.2, -0.15) is 0 Å². The molecule has 0 aliphatic carbocycles. The molecular formula is C15H17F3N4O3S. The van der Waals surface area contributed by atoms with Gasteiger partial charge in [0.1, 0.15) is 5.75 Å². The lowest BCUT2D eigenvalue weighted by molar-refractivity contribution is -0.274. The fraction of sp³-hybridized carbons (Fsp3) is 0.400. The lowest BCUT2D eigenvalue weighted by Crippen LogP contribution is -2.52. The standard InChI is InChI=1S/C15H17F3N4O3S/c1-3-4-11(23)21-12(19)13(24)22(2)14-20-9-6-5-8(7-10(9)26-14)25-15(16,17)18/h5-7,12H,3-4,19H2,1-2H3,(H,21,23)/t12-/m1/s1. The lowest BCUT2D eigenvalue weighted by Gasteiger charge is -2.19. The minimum atomic E-state index is -4.79. The van der Waals surface area contributed by atoms with Gasteiger partial charge in [-0.25, -0.2) is 4.98 Å². The Morgan fingerprint density at radius 3 is 2.73 bits per heavy atom. The zero-order chi connectivity index (χ0) is 19.5. The molecule has 11 heteroatoms. The SMILES string of the molecule is CCCC(=O)N[C@@H](N)C(=O)N(C)c1nc2ccc(OC(F)(F)F)cc2s1. The summed E-state index contributed by atoms with van der Waals surface area (Å²) < 4.78 is 41.1. The third-order valence-electron chi connectivity index (χ3n) is 3.26. The zero-order valence-corrected chi connectivity index (χ0v) is 14.8. The van der Waals surface area contributed by atoms with Gasteiger partial charge in [-0.15, -0.1) is 13.2 Å². The topological polar surface area (TPSA) is 97.5 Å². The van der Waals surface area contributed by atoms with Crippen molar-refractivity contribution in [1.82, 2.24) is 10.3 Å². The van der Waals surface area contributed by atoms with Gasteiger partial charge in [0.15, 0.2) is 11.3 Å². The third-order valence-corrected chi connectivity index (χ3v) is 4.35. The molecule has 0 aliphatic rings. The summed E-state index contributed by atoms with van der Waals surface area (Å²) in [6.45, 7) is 1.82. The van der Waals surface area contributed by atoms with Crippen molar-refractivity contribution in [2.75, 3.05) is 11.9 Å². The summed E-state index contributed by atoms with van der Waals surface area (Å²) in [6, 6.07) is 3.68. The quantitative estimate of drug-likeness (QED) is 0.738. The Morgan fingerprint density at radius 2 is 2.12 bits per heavy atom. The van der Waals surface area contributed by atoms with Gasteiger partial charge in [0, 0.05) is 19.5 Å². The van der Waals surface area contributed by atoms with Gasteiger partial charge in [0.2, 0.25) is 5.91 Å². The summed E-state index contributed by atoms with van der Waals surface area (Å²) in [5, 5.41) is 2.61. The molecule has 26 heavy (non-hydrogen) atoms. The number of halogens is 3. The van der Waals surface area contributed by atoms with Gasteiger partial charge in [-0.3, -0.25) is 14.5 Å². The number of nitrogens with one attached hydrogen (secondary N) is 1. The number of carbonyl (C=O) groups excluding carboxylic acids is 2. The predicted molar refractivity (Wildman–Crippen MR) is 90.7 cm³/mol. The van der Waals surface area contributed by atoms with E-state index in [1.807, 2.05) is 6.92 Å². The molecule has 3 N–H and O–H groups in total. The number of likely N-dealkylation sites (N-methyl/N-ethyl adjacent to an activating group) is 1. The van der Waals surface area contributed by atoms with Gasteiger partial charge >= 0.3 is 6.36 Å². The van der Waals surface area contributed by atoms with E-state index in [-0.39, 0.29) is 23.2 Å². The lowest BCUT2D eigenvalue weighted by atomic mass is 10.3. The molecule has 0 saturated carbocycles. The molecular weight excluding hydrogens is 373 g/mol. The first-order chi connectivity index (χ1) is 12.1. The second-order valence-corrected chi connectivity index (χ2v) is 6.38. The van der Waals surface area contributed by atoms with Crippen molar-refractivity contribution in [3.63, 3.8) is 0 Å². The number of hydrogen-bond acceptors (Lipinski definition) is 6. The van der Waals surface area contributed by atoms with Crippen molar-refractivity contribution < 1.29 is 27.5 Å². The van der Waals surface area contributed by atoms with E-state index >= 15 is 0 Å². The van der Waals surface area contributed by atoms with Gasteiger partial charge in [-0.05, 0) is 18.6 Å². The molecule has 0 unspecified atom stereocenters. The van der Waals surface area contributed by atoms with Crippen molar-refractivity contribution >= 4 is 38.5 Å². The van der Waals surface area contributed by atoms with Crippen LogP contribution in [0.3, 0.4) is 0 Å². The Balaban J connectivity index is 2.15. The van der Waals surface area contributed by atoms with E-state index < -0.39 is 18.4 Å². The summed E-state index contributed by atoms with van der Waals surface area (Å²) in [5.74, 6) is -1.32. The van der Waals surface area contributed by atoms with Crippen LogP contribution in [-0.4, -0.2) is 36.4 Å². The van der Waals surface area contributed by atoms with Crippen molar-refractivity contribution in [2.24, 2.45) is 5.73 Å². The Labute approximate surface area is 150 Å². The van der Waals surface area contributed by atoms with Crippen LogP contribution in [0.25, 0.3) is 10.2 Å². The summed E-state index contributed by atoms with van der Waals surface area (Å²) in [5.41, 5.74) is 6.09. The maximum atomic E-state index is 12.3. The second kappa shape index (κ2) is 7.87. The number of amides is 2. The van der Waals surface area contributed by atoms with Gasteiger partial charge in [-0.1, -0.05) is 18.3 Å². The van der Waals surface area contributed by atoms with E-state index in [0.29, 0.717) is 16.6 Å². The second-order valence-electron chi connectivity index (χ2n) is 5.37. The summed E-state index contributed by atoms with van der Waals surface area (Å²) in [4.78, 5) is 29.2. The molecule has 1 atom stereocenters. The highest BCUT2D eigenvalue weighted by Crippen LogP contribution is 2.32. The van der Waals surface area contributed by atoms with Crippen LogP contribution in [0.4, 0.5) is 18.3 Å². The molecule has 0 saturated heterocycles. The average Bonchev–Trinajstić information content (AvgIpc) is 2.95. The number of nitrogens with two attached hydrogens (primary N) is 1. The van der Waals surface area contributed by atoms with E-state index in [4.69, 9.17) is 5.73 Å². The van der Waals surface area contributed by atoms with Crippen LogP contribution in [0.2, 0.25) is 0 Å². The van der Waals surface area contributed by atoms with Crippen molar-refractivity contribution in [2.45, 2.75) is 32.3 Å². The molecule has 7 nitrogen and oxygen atoms in total. The molecule has 0 radical (unpaired) electrons. The number of fused-ring (bicyclic) bond motifs is 1. The predicted octanol–water partition coefficient (Wildman–Crippen LogP) is 2.36. The van der Waals surface area contributed by atoms with E-state index in [0.717, 1.165) is 22.3 Å². The fourth-order valence-corrected chi connectivity index (χ4v) is 3.03. The number of hydrogen-bond donors (Lipinski definition) is 2. The molecule has 1 aromatic heterocycles. The van der Waals surface area contributed by atoms with Crippen LogP contribution in [0.15, 0.2) is 18.2 Å². The number of benzene rings is 1. The Hall–Kier alpha value is -2.40. The number of alkyl halides is 3. The number of nitrogens with zero attached hydrogens (tertiary/aromatic N) is 2. The van der Waals surface area contributed by atoms with Gasteiger partial charge in [0.25, 0.3) is 5.91 Å². The minimum absolute atomic E-state index is 0.231. The first-order valence-electron chi connectivity index (χ1n) is 7.59. The van der Waals surface area contributed by atoms with E-state index in [2.05, 4.69) is 15.0 Å². The molecule has 142 valence electrons.